The lowest BCUT2D eigenvalue weighted by atomic mass is 10.1. The highest BCUT2D eigenvalue weighted by atomic mass is 16.5. The topological polar surface area (TPSA) is 42.4 Å². The Bertz CT molecular complexity index is 699. The molecule has 0 fully saturated rings. The van der Waals surface area contributed by atoms with Crippen LogP contribution >= 0.6 is 0 Å². The molecule has 3 heteroatoms. The first kappa shape index (κ1) is 13.3. The fourth-order valence-corrected chi connectivity index (χ4v) is 2.08. The van der Waals surface area contributed by atoms with Crippen LogP contribution < -0.4 is 4.74 Å². The van der Waals surface area contributed by atoms with Gasteiger partial charge in [-0.2, -0.15) is 0 Å². The minimum atomic E-state index is -0.759. The van der Waals surface area contributed by atoms with Crippen molar-refractivity contribution in [1.82, 2.24) is 4.98 Å². The van der Waals surface area contributed by atoms with E-state index in [0.717, 1.165) is 11.3 Å². The van der Waals surface area contributed by atoms with Gasteiger partial charge in [-0.3, -0.25) is 4.98 Å². The van der Waals surface area contributed by atoms with E-state index in [1.165, 1.54) is 0 Å². The van der Waals surface area contributed by atoms with Gasteiger partial charge >= 0.3 is 0 Å². The standard InChI is InChI=1S/C18H15NO2/c20-18(17-11-4-5-12-19-17)14-7-6-10-16(13-14)21-15-8-2-1-3-9-15/h1-13,18,20H. The molecule has 0 amide bonds. The summed E-state index contributed by atoms with van der Waals surface area (Å²) in [5, 5.41) is 10.4. The second kappa shape index (κ2) is 6.20. The number of para-hydroxylation sites is 1. The summed E-state index contributed by atoms with van der Waals surface area (Å²) in [7, 11) is 0. The van der Waals surface area contributed by atoms with Crippen LogP contribution in [-0.4, -0.2) is 10.1 Å². The zero-order valence-corrected chi connectivity index (χ0v) is 11.4. The van der Waals surface area contributed by atoms with Gasteiger partial charge < -0.3 is 9.84 Å². The molecule has 2 aromatic carbocycles. The monoisotopic (exact) mass is 277 g/mol. The quantitative estimate of drug-likeness (QED) is 0.785. The van der Waals surface area contributed by atoms with Crippen LogP contribution in [0.25, 0.3) is 0 Å². The summed E-state index contributed by atoms with van der Waals surface area (Å²) in [6.07, 6.45) is 0.911. The lowest BCUT2D eigenvalue weighted by Crippen LogP contribution is -2.01. The molecule has 0 saturated carbocycles. The number of aliphatic hydroxyl groups excluding tert-OH is 1. The van der Waals surface area contributed by atoms with Gasteiger partial charge in [0, 0.05) is 6.20 Å². The number of hydrogen-bond donors (Lipinski definition) is 1. The van der Waals surface area contributed by atoms with Gasteiger partial charge in [0.1, 0.15) is 17.6 Å². The molecular weight excluding hydrogens is 262 g/mol. The Morgan fingerprint density at radius 1 is 0.810 bits per heavy atom. The zero-order valence-electron chi connectivity index (χ0n) is 11.4. The van der Waals surface area contributed by atoms with Gasteiger partial charge in [-0.25, -0.2) is 0 Å². The minimum Gasteiger partial charge on any atom is -0.457 e. The van der Waals surface area contributed by atoms with E-state index in [2.05, 4.69) is 4.98 Å². The maximum atomic E-state index is 10.4. The Kier molecular flexibility index (Phi) is 3.94. The Balaban J connectivity index is 1.83. The van der Waals surface area contributed by atoms with Crippen LogP contribution in [0.5, 0.6) is 11.5 Å². The fraction of sp³-hybridized carbons (Fsp3) is 0.0556. The Labute approximate surface area is 123 Å². The number of aromatic nitrogens is 1. The number of aliphatic hydroxyl groups is 1. The van der Waals surface area contributed by atoms with Crippen molar-refractivity contribution in [2.45, 2.75) is 6.10 Å². The van der Waals surface area contributed by atoms with E-state index >= 15 is 0 Å². The number of ether oxygens (including phenoxy) is 1. The summed E-state index contributed by atoms with van der Waals surface area (Å²) in [6.45, 7) is 0. The lowest BCUT2D eigenvalue weighted by Gasteiger charge is -2.12. The Morgan fingerprint density at radius 2 is 1.57 bits per heavy atom. The van der Waals surface area contributed by atoms with Crippen molar-refractivity contribution in [2.75, 3.05) is 0 Å². The van der Waals surface area contributed by atoms with Crippen LogP contribution in [0, 0.1) is 0 Å². The highest BCUT2D eigenvalue weighted by Gasteiger charge is 2.12. The zero-order chi connectivity index (χ0) is 14.5. The van der Waals surface area contributed by atoms with E-state index < -0.39 is 6.10 Å². The van der Waals surface area contributed by atoms with Gasteiger partial charge in [-0.1, -0.05) is 36.4 Å². The molecule has 0 aliphatic carbocycles. The molecule has 0 aliphatic heterocycles. The van der Waals surface area contributed by atoms with Crippen LogP contribution in [0.15, 0.2) is 79.0 Å². The molecule has 3 rings (SSSR count). The molecule has 1 heterocycles. The first-order valence-corrected chi connectivity index (χ1v) is 6.75. The number of nitrogens with zero attached hydrogens (tertiary/aromatic N) is 1. The van der Waals surface area contributed by atoms with Gasteiger partial charge in [0.25, 0.3) is 0 Å². The van der Waals surface area contributed by atoms with Crippen molar-refractivity contribution < 1.29 is 9.84 Å². The Morgan fingerprint density at radius 3 is 2.33 bits per heavy atom. The van der Waals surface area contributed by atoms with Crippen LogP contribution in [0.2, 0.25) is 0 Å². The third kappa shape index (κ3) is 3.27. The normalized spacial score (nSPS) is 11.9. The molecule has 3 nitrogen and oxygen atoms in total. The van der Waals surface area contributed by atoms with Crippen molar-refractivity contribution in [3.8, 4) is 11.5 Å². The summed E-state index contributed by atoms with van der Waals surface area (Å²) in [4.78, 5) is 4.18. The molecule has 0 bridgehead atoms. The summed E-state index contributed by atoms with van der Waals surface area (Å²) >= 11 is 0. The third-order valence-corrected chi connectivity index (χ3v) is 3.12. The largest absolute Gasteiger partial charge is 0.457 e. The van der Waals surface area contributed by atoms with E-state index in [4.69, 9.17) is 4.74 Å². The van der Waals surface area contributed by atoms with Gasteiger partial charge in [-0.05, 0) is 42.0 Å². The average Bonchev–Trinajstić information content (AvgIpc) is 2.56. The smallest absolute Gasteiger partial charge is 0.127 e. The van der Waals surface area contributed by atoms with Crippen LogP contribution in [0.3, 0.4) is 0 Å². The molecule has 0 radical (unpaired) electrons. The number of rotatable bonds is 4. The predicted molar refractivity (Wildman–Crippen MR) is 81.3 cm³/mol. The van der Waals surface area contributed by atoms with Crippen molar-refractivity contribution in [1.29, 1.82) is 0 Å². The minimum absolute atomic E-state index is 0.620. The molecule has 1 aromatic heterocycles. The molecule has 1 atom stereocenters. The molecule has 1 unspecified atom stereocenters. The molecule has 0 saturated heterocycles. The highest BCUT2D eigenvalue weighted by Crippen LogP contribution is 2.26. The van der Waals surface area contributed by atoms with Crippen molar-refractivity contribution in [3.63, 3.8) is 0 Å². The predicted octanol–water partition coefficient (Wildman–Crippen LogP) is 3.96. The maximum absolute atomic E-state index is 10.4. The van der Waals surface area contributed by atoms with Crippen molar-refractivity contribution >= 4 is 0 Å². The first-order valence-electron chi connectivity index (χ1n) is 6.75. The van der Waals surface area contributed by atoms with Gasteiger partial charge in [0.15, 0.2) is 0 Å². The van der Waals surface area contributed by atoms with E-state index in [9.17, 15) is 5.11 Å². The van der Waals surface area contributed by atoms with E-state index in [-0.39, 0.29) is 0 Å². The van der Waals surface area contributed by atoms with E-state index in [0.29, 0.717) is 11.4 Å². The van der Waals surface area contributed by atoms with Crippen molar-refractivity contribution in [3.05, 3.63) is 90.3 Å². The lowest BCUT2D eigenvalue weighted by molar-refractivity contribution is 0.215. The second-order valence-corrected chi connectivity index (χ2v) is 4.64. The third-order valence-electron chi connectivity index (χ3n) is 3.12. The van der Waals surface area contributed by atoms with Gasteiger partial charge in [-0.15, -0.1) is 0 Å². The first-order chi connectivity index (χ1) is 10.3. The SMILES string of the molecule is OC(c1cccc(Oc2ccccc2)c1)c1ccccn1. The average molecular weight is 277 g/mol. The Hall–Kier alpha value is -2.65. The van der Waals surface area contributed by atoms with Gasteiger partial charge in [0.2, 0.25) is 0 Å². The summed E-state index contributed by atoms with van der Waals surface area (Å²) in [5.74, 6) is 1.45. The van der Waals surface area contributed by atoms with E-state index in [1.807, 2.05) is 66.7 Å². The van der Waals surface area contributed by atoms with Crippen molar-refractivity contribution in [2.24, 2.45) is 0 Å². The molecule has 1 N–H and O–H groups in total. The summed E-state index contributed by atoms with van der Waals surface area (Å²) < 4.78 is 5.77. The van der Waals surface area contributed by atoms with Gasteiger partial charge in [0.05, 0.1) is 5.69 Å². The summed E-state index contributed by atoms with van der Waals surface area (Å²) in [6, 6.07) is 22.4. The van der Waals surface area contributed by atoms with E-state index in [1.54, 1.807) is 12.3 Å². The molecule has 0 aliphatic rings. The van der Waals surface area contributed by atoms with Crippen LogP contribution in [-0.2, 0) is 0 Å². The molecule has 0 spiro atoms. The molecule has 21 heavy (non-hydrogen) atoms. The molecular formula is C18H15NO2. The highest BCUT2D eigenvalue weighted by molar-refractivity contribution is 5.36. The maximum Gasteiger partial charge on any atom is 0.127 e. The fourth-order valence-electron chi connectivity index (χ4n) is 2.08. The molecule has 3 aromatic rings. The number of pyridine rings is 1. The van der Waals surface area contributed by atoms with Crippen LogP contribution in [0.1, 0.15) is 17.4 Å². The van der Waals surface area contributed by atoms with Crippen LogP contribution in [0.4, 0.5) is 0 Å². The second-order valence-electron chi connectivity index (χ2n) is 4.64. The molecule has 104 valence electrons. The summed E-state index contributed by atoms with van der Waals surface area (Å²) in [5.41, 5.74) is 1.37. The number of hydrogen-bond acceptors (Lipinski definition) is 3. The number of benzene rings is 2.